The third kappa shape index (κ3) is 3.97. The fourth-order valence-corrected chi connectivity index (χ4v) is 2.36. The molecule has 1 aromatic rings. The number of anilines is 1. The van der Waals surface area contributed by atoms with E-state index in [-0.39, 0.29) is 12.0 Å². The minimum absolute atomic E-state index is 0.101. The van der Waals surface area contributed by atoms with Gasteiger partial charge in [0.1, 0.15) is 0 Å². The summed E-state index contributed by atoms with van der Waals surface area (Å²) in [5, 5.41) is 3.31. The van der Waals surface area contributed by atoms with Gasteiger partial charge in [-0.2, -0.15) is 0 Å². The zero-order chi connectivity index (χ0) is 14.4. The van der Waals surface area contributed by atoms with Crippen molar-refractivity contribution in [3.05, 3.63) is 29.8 Å². The number of carbonyl (C=O) groups excluding carboxylic acids is 1. The highest BCUT2D eigenvalue weighted by molar-refractivity contribution is 5.94. The molecule has 1 heterocycles. The molecule has 0 saturated carbocycles. The minimum atomic E-state index is 0.101. The van der Waals surface area contributed by atoms with E-state index in [1.54, 1.807) is 0 Å². The van der Waals surface area contributed by atoms with Crippen LogP contribution in [0.5, 0.6) is 0 Å². The Kier molecular flexibility index (Phi) is 5.41. The normalized spacial score (nSPS) is 19.5. The third-order valence-electron chi connectivity index (χ3n) is 3.45. The maximum atomic E-state index is 12.5. The lowest BCUT2D eigenvalue weighted by molar-refractivity contribution is 0.0563. The molecule has 0 radical (unpaired) electrons. The molecule has 110 valence electrons. The highest BCUT2D eigenvalue weighted by Gasteiger charge is 2.20. The maximum absolute atomic E-state index is 12.5. The Balaban J connectivity index is 2.00. The van der Waals surface area contributed by atoms with Crippen molar-refractivity contribution in [3.63, 3.8) is 0 Å². The molecule has 1 aliphatic rings. The number of hydrogen-bond acceptors (Lipinski definition) is 3. The molecule has 1 N–H and O–H groups in total. The fourth-order valence-electron chi connectivity index (χ4n) is 2.36. The molecule has 1 aromatic carbocycles. The summed E-state index contributed by atoms with van der Waals surface area (Å²) in [6.45, 7) is 7.30. The van der Waals surface area contributed by atoms with Crippen LogP contribution in [0.25, 0.3) is 0 Å². The summed E-state index contributed by atoms with van der Waals surface area (Å²) in [4.78, 5) is 14.4. The van der Waals surface area contributed by atoms with E-state index in [4.69, 9.17) is 4.74 Å². The fraction of sp³-hybridized carbons (Fsp3) is 0.562. The predicted molar refractivity (Wildman–Crippen MR) is 81.2 cm³/mol. The Hall–Kier alpha value is -1.55. The summed E-state index contributed by atoms with van der Waals surface area (Å²) in [5.41, 5.74) is 1.82. The monoisotopic (exact) mass is 276 g/mol. The van der Waals surface area contributed by atoms with Gasteiger partial charge in [-0.3, -0.25) is 4.79 Å². The van der Waals surface area contributed by atoms with Crippen LogP contribution in [0, 0.1) is 0 Å². The molecule has 1 saturated heterocycles. The van der Waals surface area contributed by atoms with Gasteiger partial charge in [0.2, 0.25) is 0 Å². The van der Waals surface area contributed by atoms with Crippen molar-refractivity contribution in [1.29, 1.82) is 0 Å². The lowest BCUT2D eigenvalue weighted by atomic mass is 10.1. The largest absolute Gasteiger partial charge is 0.385 e. The zero-order valence-electron chi connectivity index (χ0n) is 12.4. The first-order valence-electron chi connectivity index (χ1n) is 7.45. The standard InChI is InChI=1S/C16H24N2O2/c1-3-9-17-15-7-5-14(6-8-15)16(19)18-10-4-11-20-13(2)12-18/h5-8,13,17H,3-4,9-12H2,1-2H3. The number of ether oxygens (including phenoxy) is 1. The van der Waals surface area contributed by atoms with Gasteiger partial charge in [-0.25, -0.2) is 0 Å². The average Bonchev–Trinajstić information content (AvgIpc) is 2.69. The molecule has 1 amide bonds. The number of carbonyl (C=O) groups is 1. The van der Waals surface area contributed by atoms with E-state index in [1.165, 1.54) is 0 Å². The summed E-state index contributed by atoms with van der Waals surface area (Å²) >= 11 is 0. The van der Waals surface area contributed by atoms with E-state index < -0.39 is 0 Å². The second-order valence-corrected chi connectivity index (χ2v) is 5.29. The SMILES string of the molecule is CCCNc1ccc(C(=O)N2CCCOC(C)C2)cc1. The van der Waals surface area contributed by atoms with Crippen LogP contribution in [0.1, 0.15) is 37.0 Å². The van der Waals surface area contributed by atoms with E-state index in [0.717, 1.165) is 43.8 Å². The van der Waals surface area contributed by atoms with Crippen molar-refractivity contribution >= 4 is 11.6 Å². The molecule has 0 aromatic heterocycles. The molecule has 1 unspecified atom stereocenters. The molecular formula is C16H24N2O2. The van der Waals surface area contributed by atoms with Crippen LogP contribution in [-0.2, 0) is 4.74 Å². The number of hydrogen-bond donors (Lipinski definition) is 1. The van der Waals surface area contributed by atoms with Gasteiger partial charge >= 0.3 is 0 Å². The van der Waals surface area contributed by atoms with Crippen molar-refractivity contribution < 1.29 is 9.53 Å². The number of amides is 1. The predicted octanol–water partition coefficient (Wildman–Crippen LogP) is 2.76. The molecular weight excluding hydrogens is 252 g/mol. The van der Waals surface area contributed by atoms with Crippen LogP contribution in [0.4, 0.5) is 5.69 Å². The van der Waals surface area contributed by atoms with Gasteiger partial charge in [0.05, 0.1) is 6.10 Å². The lowest BCUT2D eigenvalue weighted by Crippen LogP contribution is -2.35. The summed E-state index contributed by atoms with van der Waals surface area (Å²) in [6, 6.07) is 7.74. The second-order valence-electron chi connectivity index (χ2n) is 5.29. The molecule has 1 fully saturated rings. The Morgan fingerprint density at radius 2 is 2.15 bits per heavy atom. The smallest absolute Gasteiger partial charge is 0.253 e. The maximum Gasteiger partial charge on any atom is 0.253 e. The quantitative estimate of drug-likeness (QED) is 0.919. The van der Waals surface area contributed by atoms with Gasteiger partial charge in [0.25, 0.3) is 5.91 Å². The molecule has 4 heteroatoms. The van der Waals surface area contributed by atoms with Gasteiger partial charge in [-0.1, -0.05) is 6.92 Å². The lowest BCUT2D eigenvalue weighted by Gasteiger charge is -2.22. The van der Waals surface area contributed by atoms with Crippen molar-refractivity contribution in [2.24, 2.45) is 0 Å². The summed E-state index contributed by atoms with van der Waals surface area (Å²) in [7, 11) is 0. The Labute approximate surface area is 121 Å². The van der Waals surface area contributed by atoms with E-state index >= 15 is 0 Å². The molecule has 2 rings (SSSR count). The Bertz CT molecular complexity index is 431. The van der Waals surface area contributed by atoms with E-state index in [2.05, 4.69) is 12.2 Å². The van der Waals surface area contributed by atoms with Crippen molar-refractivity contribution in [2.75, 3.05) is 31.6 Å². The molecule has 0 spiro atoms. The Morgan fingerprint density at radius 1 is 1.40 bits per heavy atom. The van der Waals surface area contributed by atoms with E-state index in [0.29, 0.717) is 6.54 Å². The average molecular weight is 276 g/mol. The van der Waals surface area contributed by atoms with Crippen molar-refractivity contribution in [3.8, 4) is 0 Å². The molecule has 1 aliphatic heterocycles. The number of benzene rings is 1. The van der Waals surface area contributed by atoms with Crippen LogP contribution in [0.3, 0.4) is 0 Å². The van der Waals surface area contributed by atoms with Gasteiger partial charge in [-0.15, -0.1) is 0 Å². The third-order valence-corrected chi connectivity index (χ3v) is 3.45. The van der Waals surface area contributed by atoms with Gasteiger partial charge in [0, 0.05) is 37.5 Å². The van der Waals surface area contributed by atoms with Crippen LogP contribution in [0.2, 0.25) is 0 Å². The molecule has 0 bridgehead atoms. The molecule has 20 heavy (non-hydrogen) atoms. The molecule has 4 nitrogen and oxygen atoms in total. The topological polar surface area (TPSA) is 41.6 Å². The van der Waals surface area contributed by atoms with E-state index in [1.807, 2.05) is 36.1 Å². The molecule has 0 aliphatic carbocycles. The Morgan fingerprint density at radius 3 is 2.85 bits per heavy atom. The van der Waals surface area contributed by atoms with Crippen molar-refractivity contribution in [1.82, 2.24) is 4.90 Å². The second kappa shape index (κ2) is 7.29. The highest BCUT2D eigenvalue weighted by Crippen LogP contribution is 2.14. The van der Waals surface area contributed by atoms with Crippen molar-refractivity contribution in [2.45, 2.75) is 32.8 Å². The molecule has 1 atom stereocenters. The number of nitrogens with zero attached hydrogens (tertiary/aromatic N) is 1. The summed E-state index contributed by atoms with van der Waals surface area (Å²) in [6.07, 6.45) is 2.12. The number of rotatable bonds is 4. The van der Waals surface area contributed by atoms with Gasteiger partial charge < -0.3 is 15.0 Å². The first-order chi connectivity index (χ1) is 9.70. The summed E-state index contributed by atoms with van der Waals surface area (Å²) < 4.78 is 5.58. The zero-order valence-corrected chi connectivity index (χ0v) is 12.4. The number of nitrogens with one attached hydrogen (secondary N) is 1. The first-order valence-corrected chi connectivity index (χ1v) is 7.45. The van der Waals surface area contributed by atoms with Gasteiger partial charge in [0.15, 0.2) is 0 Å². The van der Waals surface area contributed by atoms with Crippen LogP contribution < -0.4 is 5.32 Å². The van der Waals surface area contributed by atoms with Crippen LogP contribution in [-0.4, -0.2) is 43.2 Å². The van der Waals surface area contributed by atoms with Crippen LogP contribution >= 0.6 is 0 Å². The van der Waals surface area contributed by atoms with E-state index in [9.17, 15) is 4.79 Å². The van der Waals surface area contributed by atoms with Crippen LogP contribution in [0.15, 0.2) is 24.3 Å². The van der Waals surface area contributed by atoms with Gasteiger partial charge in [-0.05, 0) is 44.0 Å². The summed E-state index contributed by atoms with van der Waals surface area (Å²) in [5.74, 6) is 0.101. The highest BCUT2D eigenvalue weighted by atomic mass is 16.5. The first kappa shape index (κ1) is 14.9. The minimum Gasteiger partial charge on any atom is -0.385 e.